The number of carboxylic acid groups (broad SMARTS) is 1. The van der Waals surface area contributed by atoms with Gasteiger partial charge in [0.05, 0.1) is 22.3 Å². The fraction of sp³-hybridized carbons (Fsp3) is 0.385. The van der Waals surface area contributed by atoms with Crippen molar-refractivity contribution in [1.82, 2.24) is 9.55 Å². The molecular weight excluding hydrogens is 294 g/mol. The highest BCUT2D eigenvalue weighted by Gasteiger charge is 2.30. The van der Waals surface area contributed by atoms with Gasteiger partial charge in [0.2, 0.25) is 10.0 Å². The van der Waals surface area contributed by atoms with E-state index in [1.807, 2.05) is 0 Å². The number of aromatic carboxylic acids is 1. The van der Waals surface area contributed by atoms with Gasteiger partial charge >= 0.3 is 5.97 Å². The molecule has 1 aromatic carbocycles. The molecule has 0 unspecified atom stereocenters. The Morgan fingerprint density at radius 3 is 2.71 bits per heavy atom. The van der Waals surface area contributed by atoms with Gasteiger partial charge in [-0.1, -0.05) is 0 Å². The van der Waals surface area contributed by atoms with Gasteiger partial charge in [0, 0.05) is 12.5 Å². The molecule has 7 nitrogen and oxygen atoms in total. The van der Waals surface area contributed by atoms with Gasteiger partial charge in [-0.2, -0.15) is 0 Å². The number of nitrogens with zero attached hydrogens (tertiary/aromatic N) is 2. The highest BCUT2D eigenvalue weighted by molar-refractivity contribution is 7.89. The fourth-order valence-corrected chi connectivity index (χ4v) is 2.82. The predicted octanol–water partition coefficient (Wildman–Crippen LogP) is 0.900. The largest absolute Gasteiger partial charge is 0.478 e. The first-order valence-electron chi connectivity index (χ1n) is 6.59. The quantitative estimate of drug-likeness (QED) is 0.851. The molecule has 1 aliphatic rings. The minimum atomic E-state index is -3.58. The number of hydrogen-bond donors (Lipinski definition) is 2. The Hall–Kier alpha value is -1.93. The molecule has 0 saturated heterocycles. The van der Waals surface area contributed by atoms with E-state index in [4.69, 9.17) is 10.2 Å². The Morgan fingerprint density at radius 1 is 1.43 bits per heavy atom. The number of aromatic nitrogens is 2. The molecule has 1 aromatic heterocycles. The van der Waals surface area contributed by atoms with Gasteiger partial charge in [-0.3, -0.25) is 0 Å². The number of primary sulfonamides is 1. The van der Waals surface area contributed by atoms with Gasteiger partial charge in [-0.25, -0.2) is 23.3 Å². The summed E-state index contributed by atoms with van der Waals surface area (Å²) in [7, 11) is -3.58. The summed E-state index contributed by atoms with van der Waals surface area (Å²) in [6.07, 6.45) is 2.04. The highest BCUT2D eigenvalue weighted by Crippen LogP contribution is 2.40. The van der Waals surface area contributed by atoms with Crippen LogP contribution >= 0.6 is 0 Å². The average Bonchev–Trinajstić information content (AvgIpc) is 3.16. The van der Waals surface area contributed by atoms with Crippen molar-refractivity contribution in [2.75, 3.05) is 5.75 Å². The second kappa shape index (κ2) is 4.81. The molecule has 2 aromatic rings. The molecule has 112 valence electrons. The molecule has 3 N–H and O–H groups in total. The molecule has 0 aliphatic heterocycles. The summed E-state index contributed by atoms with van der Waals surface area (Å²) in [4.78, 5) is 15.6. The first-order chi connectivity index (χ1) is 9.85. The molecule has 0 radical (unpaired) electrons. The van der Waals surface area contributed by atoms with Gasteiger partial charge in [0.15, 0.2) is 0 Å². The number of benzene rings is 1. The van der Waals surface area contributed by atoms with Crippen molar-refractivity contribution >= 4 is 27.0 Å². The molecule has 8 heteroatoms. The maximum absolute atomic E-state index is 11.2. The number of aryl methyl sites for hydroxylation is 1. The molecule has 1 aliphatic carbocycles. The second-order valence-corrected chi connectivity index (χ2v) is 7.01. The van der Waals surface area contributed by atoms with Crippen LogP contribution in [0.25, 0.3) is 11.0 Å². The third-order valence-corrected chi connectivity index (χ3v) is 4.32. The number of hydrogen-bond acceptors (Lipinski definition) is 4. The van der Waals surface area contributed by atoms with Gasteiger partial charge < -0.3 is 9.67 Å². The normalized spacial score (nSPS) is 15.5. The molecule has 0 atom stereocenters. The molecule has 1 fully saturated rings. The van der Waals surface area contributed by atoms with E-state index in [0.717, 1.165) is 18.7 Å². The van der Waals surface area contributed by atoms with Crippen molar-refractivity contribution in [1.29, 1.82) is 0 Å². The molecule has 3 rings (SSSR count). The van der Waals surface area contributed by atoms with Crippen molar-refractivity contribution < 1.29 is 18.3 Å². The fourth-order valence-electron chi connectivity index (χ4n) is 2.38. The molecule has 1 saturated carbocycles. The van der Waals surface area contributed by atoms with E-state index in [1.54, 1.807) is 10.6 Å². The average molecular weight is 309 g/mol. The molecule has 0 spiro atoms. The van der Waals surface area contributed by atoms with Crippen LogP contribution in [0, 0.1) is 0 Å². The summed E-state index contributed by atoms with van der Waals surface area (Å²) in [6.45, 7) is 0.185. The van der Waals surface area contributed by atoms with Crippen molar-refractivity contribution in [3.63, 3.8) is 0 Å². The smallest absolute Gasteiger partial charge is 0.335 e. The van der Waals surface area contributed by atoms with Crippen LogP contribution in [0.2, 0.25) is 0 Å². The lowest BCUT2D eigenvalue weighted by atomic mass is 10.2. The van der Waals surface area contributed by atoms with Gasteiger partial charge in [-0.05, 0) is 31.0 Å². The predicted molar refractivity (Wildman–Crippen MR) is 76.6 cm³/mol. The van der Waals surface area contributed by atoms with Crippen LogP contribution in [0.3, 0.4) is 0 Å². The lowest BCUT2D eigenvalue weighted by Crippen LogP contribution is -2.21. The zero-order chi connectivity index (χ0) is 15.2. The van der Waals surface area contributed by atoms with Gasteiger partial charge in [-0.15, -0.1) is 0 Å². The zero-order valence-corrected chi connectivity index (χ0v) is 12.0. The number of carboxylic acids is 1. The number of rotatable bonds is 5. The minimum absolute atomic E-state index is 0.154. The number of nitrogens with two attached hydrogens (primary N) is 1. The lowest BCUT2D eigenvalue weighted by Gasteiger charge is -2.08. The molecule has 0 bridgehead atoms. The Bertz CT molecular complexity index is 821. The minimum Gasteiger partial charge on any atom is -0.478 e. The Kier molecular flexibility index (Phi) is 3.22. The molecule has 1 heterocycles. The third-order valence-electron chi connectivity index (χ3n) is 3.57. The number of sulfonamides is 1. The lowest BCUT2D eigenvalue weighted by molar-refractivity contribution is 0.0697. The summed E-state index contributed by atoms with van der Waals surface area (Å²) in [5.74, 6) is -0.0819. The third kappa shape index (κ3) is 2.91. The monoisotopic (exact) mass is 309 g/mol. The SMILES string of the molecule is NS(=O)(=O)CCn1c(C2CC2)nc2ccc(C(=O)O)cc21. The first-order valence-corrected chi connectivity index (χ1v) is 8.30. The van der Waals surface area contributed by atoms with Crippen LogP contribution in [-0.4, -0.2) is 34.8 Å². The van der Waals surface area contributed by atoms with E-state index >= 15 is 0 Å². The van der Waals surface area contributed by atoms with Crippen LogP contribution in [0.5, 0.6) is 0 Å². The first kappa shape index (κ1) is 14.0. The number of carbonyl (C=O) groups is 1. The Morgan fingerprint density at radius 2 is 2.14 bits per heavy atom. The maximum atomic E-state index is 11.2. The zero-order valence-electron chi connectivity index (χ0n) is 11.2. The number of fused-ring (bicyclic) bond motifs is 1. The molecule has 21 heavy (non-hydrogen) atoms. The van der Waals surface area contributed by atoms with Crippen molar-refractivity contribution in [2.24, 2.45) is 5.14 Å². The van der Waals surface area contributed by atoms with Crippen LogP contribution < -0.4 is 5.14 Å². The van der Waals surface area contributed by atoms with Crippen LogP contribution in [0.4, 0.5) is 0 Å². The summed E-state index contributed by atoms with van der Waals surface area (Å²) < 4.78 is 24.2. The molecular formula is C13H15N3O4S. The van der Waals surface area contributed by atoms with Crippen molar-refractivity contribution in [2.45, 2.75) is 25.3 Å². The van der Waals surface area contributed by atoms with Crippen molar-refractivity contribution in [3.8, 4) is 0 Å². The second-order valence-electron chi connectivity index (χ2n) is 5.27. The Balaban J connectivity index is 2.10. The van der Waals surface area contributed by atoms with E-state index in [1.165, 1.54) is 12.1 Å². The highest BCUT2D eigenvalue weighted by atomic mass is 32.2. The van der Waals surface area contributed by atoms with E-state index in [0.29, 0.717) is 17.0 Å². The Labute approximate surface area is 121 Å². The van der Waals surface area contributed by atoms with E-state index < -0.39 is 16.0 Å². The van der Waals surface area contributed by atoms with Gasteiger partial charge in [0.1, 0.15) is 5.82 Å². The summed E-state index contributed by atoms with van der Waals surface area (Å²) in [5.41, 5.74) is 1.47. The number of imidazole rings is 1. The van der Waals surface area contributed by atoms with Crippen LogP contribution in [0.15, 0.2) is 18.2 Å². The topological polar surface area (TPSA) is 115 Å². The summed E-state index contributed by atoms with van der Waals surface area (Å²) in [6, 6.07) is 4.68. The van der Waals surface area contributed by atoms with E-state index in [-0.39, 0.29) is 17.9 Å². The van der Waals surface area contributed by atoms with E-state index in [2.05, 4.69) is 4.98 Å². The summed E-state index contributed by atoms with van der Waals surface area (Å²) in [5, 5.41) is 14.1. The summed E-state index contributed by atoms with van der Waals surface area (Å²) >= 11 is 0. The van der Waals surface area contributed by atoms with Gasteiger partial charge in [0.25, 0.3) is 0 Å². The van der Waals surface area contributed by atoms with Crippen LogP contribution in [0.1, 0.15) is 34.9 Å². The molecule has 0 amide bonds. The van der Waals surface area contributed by atoms with E-state index in [9.17, 15) is 13.2 Å². The standard InChI is InChI=1S/C13H15N3O4S/c14-21(19,20)6-5-16-11-7-9(13(17)18)3-4-10(11)15-12(16)8-1-2-8/h3-4,7-8H,1-2,5-6H2,(H,17,18)(H2,14,19,20). The van der Waals surface area contributed by atoms with Crippen molar-refractivity contribution in [3.05, 3.63) is 29.6 Å². The maximum Gasteiger partial charge on any atom is 0.335 e. The van der Waals surface area contributed by atoms with Crippen LogP contribution in [-0.2, 0) is 16.6 Å².